The maximum Gasteiger partial charge on any atom is 0.343 e. The van der Waals surface area contributed by atoms with Gasteiger partial charge in [-0.1, -0.05) is 12.1 Å². The van der Waals surface area contributed by atoms with Crippen LogP contribution < -0.4 is 22.5 Å². The Morgan fingerprint density at radius 2 is 0.983 bits per heavy atom. The zero-order valence-corrected chi connectivity index (χ0v) is 32.9. The van der Waals surface area contributed by atoms with Crippen molar-refractivity contribution in [3.8, 4) is 23.4 Å². The maximum atomic E-state index is 12.3. The molecule has 2 N–H and O–H groups in total. The number of aromatic nitrogens is 10. The number of hydrogen-bond donors (Lipinski definition) is 2. The summed E-state index contributed by atoms with van der Waals surface area (Å²) in [5.74, 6) is -2.15. The van der Waals surface area contributed by atoms with Gasteiger partial charge >= 0.3 is 23.3 Å². The van der Waals surface area contributed by atoms with E-state index >= 15 is 0 Å². The number of carbonyl (C=O) groups is 2. The van der Waals surface area contributed by atoms with E-state index in [0.29, 0.717) is 11.6 Å². The smallest absolute Gasteiger partial charge is 0.343 e. The van der Waals surface area contributed by atoms with E-state index in [-0.39, 0.29) is 53.0 Å². The van der Waals surface area contributed by atoms with Crippen LogP contribution in [0.15, 0.2) is 101 Å². The third kappa shape index (κ3) is 9.00. The number of ether oxygens (including phenoxy) is 2. The van der Waals surface area contributed by atoms with E-state index < -0.39 is 57.6 Å². The minimum atomic E-state index is -0.851. The summed E-state index contributed by atoms with van der Waals surface area (Å²) in [6.45, 7) is 3.56. The van der Waals surface area contributed by atoms with E-state index in [9.17, 15) is 39.0 Å². The predicted octanol–water partition coefficient (Wildman–Crippen LogP) is 1.92. The van der Waals surface area contributed by atoms with Gasteiger partial charge in [0.25, 0.3) is 11.1 Å². The monoisotopic (exact) mass is 861 g/mol. The second kappa shape index (κ2) is 19.0. The first-order valence-electron chi connectivity index (χ1n) is 16.9. The molecule has 0 atom stereocenters. The van der Waals surface area contributed by atoms with Crippen molar-refractivity contribution < 1.29 is 46.3 Å². The quantitative estimate of drug-likeness (QED) is 0.113. The first kappa shape index (κ1) is 44.1. The Balaban J connectivity index is 0.000000256. The number of carbonyl (C=O) groups excluding carboxylic acids is 2. The molecule has 1 radical (unpaired) electrons. The van der Waals surface area contributed by atoms with Gasteiger partial charge in [0.15, 0.2) is 23.3 Å². The molecule has 0 saturated carbocycles. The molecule has 6 aromatic heterocycles. The fraction of sp³-hybridized carbons (Fsp3) is 0.235. The average Bonchev–Trinajstić information content (AvgIpc) is 3.87. The molecule has 0 aromatic carbocycles. The molecular formula is C34H34CuN14O10. The van der Waals surface area contributed by atoms with Crippen LogP contribution in [0.2, 0.25) is 0 Å². The van der Waals surface area contributed by atoms with E-state index in [1.807, 2.05) is 0 Å². The van der Waals surface area contributed by atoms with Gasteiger partial charge in [-0.25, -0.2) is 29.1 Å². The first-order valence-corrected chi connectivity index (χ1v) is 16.9. The molecule has 0 spiro atoms. The third-order valence-electron chi connectivity index (χ3n) is 7.92. The minimum absolute atomic E-state index is 0. The first-order chi connectivity index (χ1) is 27.7. The van der Waals surface area contributed by atoms with Gasteiger partial charge in [0.05, 0.1) is 25.6 Å². The van der Waals surface area contributed by atoms with Crippen molar-refractivity contribution >= 4 is 34.9 Å². The summed E-state index contributed by atoms with van der Waals surface area (Å²) in [5, 5.41) is 43.9. The van der Waals surface area contributed by atoms with Crippen molar-refractivity contribution in [1.29, 1.82) is 0 Å². The number of azo groups is 2. The van der Waals surface area contributed by atoms with Crippen LogP contribution in [-0.4, -0.2) is 83.2 Å². The molecule has 59 heavy (non-hydrogen) atoms. The van der Waals surface area contributed by atoms with Gasteiger partial charge in [0.2, 0.25) is 23.1 Å². The summed E-state index contributed by atoms with van der Waals surface area (Å²) in [7, 11) is 5.03. The van der Waals surface area contributed by atoms with Gasteiger partial charge in [-0.05, 0) is 38.1 Å². The summed E-state index contributed by atoms with van der Waals surface area (Å²) < 4.78 is 15.7. The van der Waals surface area contributed by atoms with Crippen molar-refractivity contribution in [3.05, 3.63) is 114 Å². The molecule has 0 bridgehead atoms. The Bertz CT molecular complexity index is 2610. The predicted molar refractivity (Wildman–Crippen MR) is 200 cm³/mol. The fourth-order valence-corrected chi connectivity index (χ4v) is 4.88. The molecule has 6 heterocycles. The number of nitrogens with zero attached hydrogens (tertiary/aromatic N) is 14. The molecule has 0 aliphatic rings. The number of esters is 2. The molecule has 0 aliphatic heterocycles. The number of aromatic hydroxyl groups is 2. The van der Waals surface area contributed by atoms with Crippen LogP contribution in [0, 0.1) is 0 Å². The standard InChI is InChI=1S/2C17H17N7O5.Cu/c2*1-4-29-16(27)10-9-19-24(11-7-5-6-8-18-11)13(10)21-20-12-14(25)22(2)17(28)23(3)15(12)26;/h2*5-9,25H,4H2,1-3H3;. The summed E-state index contributed by atoms with van der Waals surface area (Å²) in [4.78, 5) is 81.1. The molecule has 0 fully saturated rings. The minimum Gasteiger partial charge on any atom is -0.493 e. The molecule has 0 aliphatic carbocycles. The van der Waals surface area contributed by atoms with Gasteiger partial charge in [-0.15, -0.1) is 20.5 Å². The van der Waals surface area contributed by atoms with E-state index in [2.05, 4.69) is 40.6 Å². The van der Waals surface area contributed by atoms with Gasteiger partial charge in [-0.3, -0.25) is 27.9 Å². The van der Waals surface area contributed by atoms with E-state index in [4.69, 9.17) is 9.47 Å². The van der Waals surface area contributed by atoms with Gasteiger partial charge in [0, 0.05) is 57.7 Å². The molecule has 25 heteroatoms. The van der Waals surface area contributed by atoms with Crippen molar-refractivity contribution in [1.82, 2.24) is 47.8 Å². The second-order valence-corrected chi connectivity index (χ2v) is 11.6. The van der Waals surface area contributed by atoms with Crippen molar-refractivity contribution in [3.63, 3.8) is 0 Å². The zero-order valence-electron chi connectivity index (χ0n) is 31.9. The molecule has 6 rings (SSSR count). The van der Waals surface area contributed by atoms with Crippen molar-refractivity contribution in [2.75, 3.05) is 13.2 Å². The van der Waals surface area contributed by atoms with Crippen LogP contribution in [0.1, 0.15) is 34.6 Å². The SMILES string of the molecule is CCOC(=O)c1cnn(-c2ccccn2)c1N=Nc1c(O)n(C)c(=O)n(C)c1=O.CCOC(=O)c1cnn(-c2ccccn2)c1N=Nc1c(O)n(C)c(=O)n(C)c1=O.[Cu]. The van der Waals surface area contributed by atoms with Crippen LogP contribution in [0.4, 0.5) is 23.0 Å². The van der Waals surface area contributed by atoms with Crippen molar-refractivity contribution in [2.45, 2.75) is 13.8 Å². The molecule has 0 saturated heterocycles. The molecule has 0 amide bonds. The Labute approximate surface area is 341 Å². The van der Waals surface area contributed by atoms with E-state index in [0.717, 1.165) is 18.3 Å². The Kier molecular flexibility index (Phi) is 14.2. The molecule has 311 valence electrons. The average molecular weight is 862 g/mol. The summed E-state index contributed by atoms with van der Waals surface area (Å²) in [6.07, 6.45) is 5.52. The van der Waals surface area contributed by atoms with E-state index in [1.165, 1.54) is 62.3 Å². The topological polar surface area (TPSA) is 292 Å². The van der Waals surface area contributed by atoms with E-state index in [1.54, 1.807) is 50.2 Å². The van der Waals surface area contributed by atoms with Gasteiger partial charge < -0.3 is 19.7 Å². The summed E-state index contributed by atoms with van der Waals surface area (Å²) in [5.41, 5.74) is -4.12. The van der Waals surface area contributed by atoms with Gasteiger partial charge in [0.1, 0.15) is 11.1 Å². The molecule has 6 aromatic rings. The molecule has 0 unspecified atom stereocenters. The molecule has 24 nitrogen and oxygen atoms in total. The Hall–Kier alpha value is -7.66. The van der Waals surface area contributed by atoms with Gasteiger partial charge in [-0.2, -0.15) is 19.6 Å². The van der Waals surface area contributed by atoms with Crippen LogP contribution in [-0.2, 0) is 54.7 Å². The Morgan fingerprint density at radius 3 is 1.31 bits per heavy atom. The second-order valence-electron chi connectivity index (χ2n) is 11.6. The number of pyridine rings is 2. The molecular weight excluding hydrogens is 828 g/mol. The largest absolute Gasteiger partial charge is 0.493 e. The Morgan fingerprint density at radius 1 is 0.610 bits per heavy atom. The third-order valence-corrected chi connectivity index (χ3v) is 7.92. The van der Waals surface area contributed by atoms with Crippen LogP contribution in [0.25, 0.3) is 11.6 Å². The van der Waals surface area contributed by atoms with Crippen LogP contribution in [0.5, 0.6) is 11.8 Å². The van der Waals surface area contributed by atoms with Crippen molar-refractivity contribution in [2.24, 2.45) is 48.6 Å². The number of hydrogen-bond acceptors (Lipinski definition) is 18. The maximum absolute atomic E-state index is 12.3. The van der Waals surface area contributed by atoms with Crippen LogP contribution >= 0.6 is 0 Å². The fourth-order valence-electron chi connectivity index (χ4n) is 4.88. The normalized spacial score (nSPS) is 10.9. The summed E-state index contributed by atoms with van der Waals surface area (Å²) >= 11 is 0. The zero-order chi connectivity index (χ0) is 42.3. The summed E-state index contributed by atoms with van der Waals surface area (Å²) in [6, 6.07) is 10.1. The van der Waals surface area contributed by atoms with Crippen LogP contribution in [0.3, 0.4) is 0 Å². The number of rotatable bonds is 10.